The highest BCUT2D eigenvalue weighted by Gasteiger charge is 2.43. The van der Waals surface area contributed by atoms with Crippen LogP contribution in [0.25, 0.3) is 0 Å². The van der Waals surface area contributed by atoms with Crippen LogP contribution in [0.15, 0.2) is 0 Å². The molecule has 15 heavy (non-hydrogen) atoms. The van der Waals surface area contributed by atoms with Crippen molar-refractivity contribution in [2.45, 2.75) is 45.2 Å². The van der Waals surface area contributed by atoms with Gasteiger partial charge in [-0.2, -0.15) is 11.8 Å². The lowest BCUT2D eigenvalue weighted by molar-refractivity contribution is -0.123. The summed E-state index contributed by atoms with van der Waals surface area (Å²) in [6, 6.07) is 0.949. The van der Waals surface area contributed by atoms with Crippen molar-refractivity contribution in [3.63, 3.8) is 0 Å². The summed E-state index contributed by atoms with van der Waals surface area (Å²) in [5, 5.41) is 0. The Morgan fingerprint density at radius 2 is 2.27 bits per heavy atom. The van der Waals surface area contributed by atoms with E-state index in [9.17, 15) is 4.79 Å². The van der Waals surface area contributed by atoms with Crippen molar-refractivity contribution in [2.24, 2.45) is 5.92 Å². The fourth-order valence-electron chi connectivity index (χ4n) is 3.11. The van der Waals surface area contributed by atoms with E-state index in [0.29, 0.717) is 18.2 Å². The van der Waals surface area contributed by atoms with Gasteiger partial charge in [0.25, 0.3) is 0 Å². The number of fused-ring (bicyclic) bond motifs is 1. The summed E-state index contributed by atoms with van der Waals surface area (Å²) in [6.45, 7) is 5.23. The number of Topliss-reactive ketones (excluding diaryl/α,β-unsaturated/α-hetero) is 1. The van der Waals surface area contributed by atoms with Crippen LogP contribution in [0.1, 0.15) is 33.1 Å². The summed E-state index contributed by atoms with van der Waals surface area (Å²) < 4.78 is 0. The third-order valence-electron chi connectivity index (χ3n) is 3.87. The average Bonchev–Trinajstić information content (AvgIpc) is 2.66. The molecule has 0 aromatic carbocycles. The van der Waals surface area contributed by atoms with Crippen molar-refractivity contribution in [3.05, 3.63) is 0 Å². The quantitative estimate of drug-likeness (QED) is 0.737. The van der Waals surface area contributed by atoms with Gasteiger partial charge in [-0.05, 0) is 36.8 Å². The Kier molecular flexibility index (Phi) is 3.73. The van der Waals surface area contributed by atoms with E-state index in [1.165, 1.54) is 17.9 Å². The van der Waals surface area contributed by atoms with Gasteiger partial charge >= 0.3 is 0 Å². The summed E-state index contributed by atoms with van der Waals surface area (Å²) in [4.78, 5) is 14.3. The molecule has 0 amide bonds. The second-order valence-electron chi connectivity index (χ2n) is 4.59. The number of ketones is 1. The van der Waals surface area contributed by atoms with Gasteiger partial charge in [-0.1, -0.05) is 13.8 Å². The zero-order valence-electron chi connectivity index (χ0n) is 9.74. The normalized spacial score (nSPS) is 36.5. The van der Waals surface area contributed by atoms with Crippen LogP contribution >= 0.6 is 11.8 Å². The smallest absolute Gasteiger partial charge is 0.149 e. The number of nitrogens with zero attached hydrogens (tertiary/aromatic N) is 1. The predicted molar refractivity (Wildman–Crippen MR) is 65.3 cm³/mol. The number of likely N-dealkylation sites (tertiary alicyclic amines) is 1. The van der Waals surface area contributed by atoms with E-state index in [0.717, 1.165) is 18.9 Å². The van der Waals surface area contributed by atoms with Crippen LogP contribution in [0, 0.1) is 5.92 Å². The van der Waals surface area contributed by atoms with Gasteiger partial charge in [-0.25, -0.2) is 0 Å². The summed E-state index contributed by atoms with van der Waals surface area (Å²) in [5.41, 5.74) is 0. The van der Waals surface area contributed by atoms with Gasteiger partial charge in [0.05, 0.1) is 6.04 Å². The van der Waals surface area contributed by atoms with Crippen LogP contribution in [-0.2, 0) is 4.79 Å². The van der Waals surface area contributed by atoms with E-state index in [4.69, 9.17) is 0 Å². The maximum absolute atomic E-state index is 11.9. The molecule has 2 saturated heterocycles. The van der Waals surface area contributed by atoms with E-state index < -0.39 is 0 Å². The largest absolute Gasteiger partial charge is 0.298 e. The lowest BCUT2D eigenvalue weighted by atomic mass is 9.97. The molecule has 2 rings (SSSR count). The fourth-order valence-corrected chi connectivity index (χ4v) is 4.34. The molecule has 2 fully saturated rings. The molecule has 0 aromatic heterocycles. The summed E-state index contributed by atoms with van der Waals surface area (Å²) in [7, 11) is 0. The van der Waals surface area contributed by atoms with Crippen LogP contribution in [0.3, 0.4) is 0 Å². The molecule has 2 aliphatic rings. The van der Waals surface area contributed by atoms with Crippen LogP contribution in [-0.4, -0.2) is 40.8 Å². The van der Waals surface area contributed by atoms with Gasteiger partial charge in [0.1, 0.15) is 5.78 Å². The number of carbonyl (C=O) groups is 1. The van der Waals surface area contributed by atoms with E-state index in [-0.39, 0.29) is 6.04 Å². The number of hydrogen-bond donors (Lipinski definition) is 0. The maximum atomic E-state index is 11.9. The highest BCUT2D eigenvalue weighted by atomic mass is 32.2. The molecule has 0 aliphatic carbocycles. The fraction of sp³-hybridized carbons (Fsp3) is 0.917. The SMILES string of the molecule is CCC(=O)C1CC2CSCCC2N1CC. The number of thioether (sulfide) groups is 1. The number of hydrogen-bond acceptors (Lipinski definition) is 3. The van der Waals surface area contributed by atoms with Gasteiger partial charge < -0.3 is 0 Å². The zero-order chi connectivity index (χ0) is 10.8. The first-order valence-electron chi connectivity index (χ1n) is 6.14. The number of carbonyl (C=O) groups excluding carboxylic acids is 1. The Labute approximate surface area is 96.8 Å². The molecule has 2 aliphatic heterocycles. The summed E-state index contributed by atoms with van der Waals surface area (Å²) in [5.74, 6) is 3.79. The molecular weight excluding hydrogens is 206 g/mol. The number of rotatable bonds is 3. The number of likely N-dealkylation sites (N-methyl/N-ethyl adjacent to an activating group) is 1. The van der Waals surface area contributed by atoms with Crippen molar-refractivity contribution in [1.29, 1.82) is 0 Å². The minimum atomic E-state index is 0.244. The summed E-state index contributed by atoms with van der Waals surface area (Å²) >= 11 is 2.07. The van der Waals surface area contributed by atoms with Crippen LogP contribution in [0.4, 0.5) is 0 Å². The first kappa shape index (κ1) is 11.5. The highest BCUT2D eigenvalue weighted by molar-refractivity contribution is 7.99. The van der Waals surface area contributed by atoms with Crippen molar-refractivity contribution >= 4 is 17.5 Å². The maximum Gasteiger partial charge on any atom is 0.149 e. The molecule has 0 bridgehead atoms. The van der Waals surface area contributed by atoms with Crippen LogP contribution in [0.5, 0.6) is 0 Å². The Bertz CT molecular complexity index is 244. The molecular formula is C12H21NOS. The molecule has 3 unspecified atom stereocenters. The van der Waals surface area contributed by atoms with Crippen molar-refractivity contribution in [2.75, 3.05) is 18.1 Å². The minimum absolute atomic E-state index is 0.244. The molecule has 0 radical (unpaired) electrons. The average molecular weight is 227 g/mol. The second kappa shape index (κ2) is 4.88. The van der Waals surface area contributed by atoms with E-state index in [2.05, 4.69) is 23.6 Å². The van der Waals surface area contributed by atoms with Crippen molar-refractivity contribution in [1.82, 2.24) is 4.90 Å². The van der Waals surface area contributed by atoms with E-state index in [1.54, 1.807) is 0 Å². The molecule has 3 atom stereocenters. The second-order valence-corrected chi connectivity index (χ2v) is 5.74. The standard InChI is InChI=1S/C12H21NOS/c1-3-12(14)11-7-9-8-15-6-5-10(9)13(11)4-2/h9-11H,3-8H2,1-2H3. The minimum Gasteiger partial charge on any atom is -0.298 e. The summed E-state index contributed by atoms with van der Waals surface area (Å²) in [6.07, 6.45) is 3.11. The Morgan fingerprint density at radius 3 is 2.93 bits per heavy atom. The Balaban J connectivity index is 2.10. The molecule has 0 saturated carbocycles. The molecule has 2 nitrogen and oxygen atoms in total. The molecule has 86 valence electrons. The highest BCUT2D eigenvalue weighted by Crippen LogP contribution is 2.38. The molecule has 2 heterocycles. The first-order chi connectivity index (χ1) is 7.27. The van der Waals surface area contributed by atoms with Crippen LogP contribution in [0.2, 0.25) is 0 Å². The Hall–Kier alpha value is -0.0200. The lowest BCUT2D eigenvalue weighted by Crippen LogP contribution is -2.42. The van der Waals surface area contributed by atoms with Gasteiger partial charge in [0, 0.05) is 12.5 Å². The van der Waals surface area contributed by atoms with Gasteiger partial charge in [0.15, 0.2) is 0 Å². The monoisotopic (exact) mass is 227 g/mol. The third kappa shape index (κ3) is 2.09. The molecule has 3 heteroatoms. The first-order valence-corrected chi connectivity index (χ1v) is 7.29. The zero-order valence-corrected chi connectivity index (χ0v) is 10.6. The van der Waals surface area contributed by atoms with E-state index in [1.807, 2.05) is 6.92 Å². The van der Waals surface area contributed by atoms with Gasteiger partial charge in [0.2, 0.25) is 0 Å². The third-order valence-corrected chi connectivity index (χ3v) is 5.06. The van der Waals surface area contributed by atoms with Crippen molar-refractivity contribution in [3.8, 4) is 0 Å². The molecule has 0 spiro atoms. The Morgan fingerprint density at radius 1 is 1.47 bits per heavy atom. The molecule has 0 aromatic rings. The van der Waals surface area contributed by atoms with Crippen molar-refractivity contribution < 1.29 is 4.79 Å². The van der Waals surface area contributed by atoms with E-state index >= 15 is 0 Å². The lowest BCUT2D eigenvalue weighted by Gasteiger charge is -2.32. The molecule has 0 N–H and O–H groups in total. The predicted octanol–water partition coefficient (Wildman–Crippen LogP) is 2.18. The van der Waals surface area contributed by atoms with Gasteiger partial charge in [-0.15, -0.1) is 0 Å². The van der Waals surface area contributed by atoms with Gasteiger partial charge in [-0.3, -0.25) is 9.69 Å². The topological polar surface area (TPSA) is 20.3 Å². The van der Waals surface area contributed by atoms with Crippen LogP contribution < -0.4 is 0 Å².